The summed E-state index contributed by atoms with van der Waals surface area (Å²) in [6.07, 6.45) is 2.01. The molecule has 3 nitrogen and oxygen atoms in total. The Balaban J connectivity index is 1.91. The molecular weight excluding hydrogens is 284 g/mol. The van der Waals surface area contributed by atoms with Gasteiger partial charge in [0.05, 0.1) is 12.2 Å². The third kappa shape index (κ3) is 4.99. The zero-order chi connectivity index (χ0) is 16.5. The maximum atomic E-state index is 5.87. The third-order valence-electron chi connectivity index (χ3n) is 3.96. The van der Waals surface area contributed by atoms with Crippen LogP contribution in [0.2, 0.25) is 0 Å². The van der Waals surface area contributed by atoms with E-state index in [1.165, 1.54) is 5.56 Å². The van der Waals surface area contributed by atoms with Crippen molar-refractivity contribution in [2.45, 2.75) is 27.0 Å². The normalized spacial score (nSPS) is 12.0. The minimum absolute atomic E-state index is 0.0389. The summed E-state index contributed by atoms with van der Waals surface area (Å²) in [6.45, 7) is 9.69. The summed E-state index contributed by atoms with van der Waals surface area (Å²) in [5.41, 5.74) is 2.36. The summed E-state index contributed by atoms with van der Waals surface area (Å²) >= 11 is 0. The van der Waals surface area contributed by atoms with Gasteiger partial charge in [-0.05, 0) is 37.7 Å². The summed E-state index contributed by atoms with van der Waals surface area (Å²) < 4.78 is 8.01. The topological polar surface area (TPSA) is 17.4 Å². The van der Waals surface area contributed by atoms with Gasteiger partial charge in [-0.2, -0.15) is 0 Å². The van der Waals surface area contributed by atoms with E-state index in [9.17, 15) is 0 Å². The molecule has 1 atom stereocenters. The van der Waals surface area contributed by atoms with Crippen molar-refractivity contribution in [1.82, 2.24) is 9.47 Å². The zero-order valence-corrected chi connectivity index (χ0v) is 14.3. The molecule has 0 fully saturated rings. The Labute approximate surface area is 139 Å². The van der Waals surface area contributed by atoms with Crippen molar-refractivity contribution in [2.75, 3.05) is 26.2 Å². The molecule has 23 heavy (non-hydrogen) atoms. The number of ether oxygens (including phenoxy) is 1. The van der Waals surface area contributed by atoms with E-state index < -0.39 is 0 Å². The molecule has 0 saturated carbocycles. The monoisotopic (exact) mass is 310 g/mol. The van der Waals surface area contributed by atoms with Crippen LogP contribution in [-0.2, 0) is 4.74 Å². The van der Waals surface area contributed by atoms with Gasteiger partial charge in [-0.1, -0.05) is 56.0 Å². The number of benzene rings is 1. The van der Waals surface area contributed by atoms with Gasteiger partial charge >= 0.3 is 0 Å². The minimum atomic E-state index is -0.0389. The van der Waals surface area contributed by atoms with E-state index in [2.05, 4.69) is 78.6 Å². The van der Waals surface area contributed by atoms with Crippen LogP contribution in [0.25, 0.3) is 11.3 Å². The second kappa shape index (κ2) is 9.19. The maximum Gasteiger partial charge on any atom is 0.132 e. The Bertz CT molecular complexity index is 632. The van der Waals surface area contributed by atoms with Gasteiger partial charge in [-0.3, -0.25) is 4.90 Å². The SMILES string of the molecule is CCN(CC)CC#CCOC(C)n1cccc1-c1ccccc1. The Morgan fingerprint density at radius 2 is 1.78 bits per heavy atom. The predicted molar refractivity (Wildman–Crippen MR) is 96.1 cm³/mol. The molecule has 1 aromatic carbocycles. The molecule has 0 aliphatic rings. The van der Waals surface area contributed by atoms with Crippen LogP contribution in [0.3, 0.4) is 0 Å². The quantitative estimate of drug-likeness (QED) is 0.718. The summed E-state index contributed by atoms with van der Waals surface area (Å²) in [5.74, 6) is 6.29. The molecule has 2 aromatic rings. The molecule has 3 heteroatoms. The Kier molecular flexibility index (Phi) is 6.93. The molecule has 0 saturated heterocycles. The Morgan fingerprint density at radius 3 is 2.48 bits per heavy atom. The lowest BCUT2D eigenvalue weighted by Gasteiger charge is -2.17. The van der Waals surface area contributed by atoms with Gasteiger partial charge in [0, 0.05) is 6.20 Å². The molecular formula is C20H26N2O. The fourth-order valence-corrected chi connectivity index (χ4v) is 2.47. The second-order valence-corrected chi connectivity index (χ2v) is 5.39. The van der Waals surface area contributed by atoms with E-state index in [0.29, 0.717) is 6.61 Å². The largest absolute Gasteiger partial charge is 0.346 e. The average Bonchev–Trinajstić information content (AvgIpc) is 3.08. The first-order valence-electron chi connectivity index (χ1n) is 8.28. The molecule has 0 bridgehead atoms. The van der Waals surface area contributed by atoms with Crippen molar-refractivity contribution in [2.24, 2.45) is 0 Å². The maximum absolute atomic E-state index is 5.87. The molecule has 0 aliphatic carbocycles. The van der Waals surface area contributed by atoms with Crippen molar-refractivity contribution in [1.29, 1.82) is 0 Å². The molecule has 0 aliphatic heterocycles. The standard InChI is InChI=1S/C20H26N2O/c1-4-21(5-2)15-9-10-17-23-18(3)22-16-11-14-20(22)19-12-7-6-8-13-19/h6-8,11-14,16,18H,4-5,15,17H2,1-3H3. The summed E-state index contributed by atoms with van der Waals surface area (Å²) in [4.78, 5) is 2.29. The highest BCUT2D eigenvalue weighted by Gasteiger charge is 2.09. The minimum Gasteiger partial charge on any atom is -0.346 e. The average molecular weight is 310 g/mol. The molecule has 0 amide bonds. The van der Waals surface area contributed by atoms with Crippen LogP contribution in [0.1, 0.15) is 27.0 Å². The molecule has 2 rings (SSSR count). The van der Waals surface area contributed by atoms with Gasteiger partial charge in [0.1, 0.15) is 12.8 Å². The van der Waals surface area contributed by atoms with Crippen LogP contribution in [0.4, 0.5) is 0 Å². The Hall–Kier alpha value is -2.02. The first-order valence-corrected chi connectivity index (χ1v) is 8.28. The number of hydrogen-bond donors (Lipinski definition) is 0. The number of rotatable bonds is 7. The van der Waals surface area contributed by atoms with Crippen molar-refractivity contribution >= 4 is 0 Å². The molecule has 0 spiro atoms. The van der Waals surface area contributed by atoms with Gasteiger partial charge < -0.3 is 9.30 Å². The number of aromatic nitrogens is 1. The highest BCUT2D eigenvalue weighted by molar-refractivity contribution is 5.59. The number of hydrogen-bond acceptors (Lipinski definition) is 2. The smallest absolute Gasteiger partial charge is 0.132 e. The fraction of sp³-hybridized carbons (Fsp3) is 0.400. The lowest BCUT2D eigenvalue weighted by Crippen LogP contribution is -2.22. The second-order valence-electron chi connectivity index (χ2n) is 5.39. The van der Waals surface area contributed by atoms with Crippen molar-refractivity contribution < 1.29 is 4.74 Å². The van der Waals surface area contributed by atoms with E-state index in [-0.39, 0.29) is 6.23 Å². The van der Waals surface area contributed by atoms with Crippen molar-refractivity contribution in [3.05, 3.63) is 48.7 Å². The van der Waals surface area contributed by atoms with E-state index >= 15 is 0 Å². The van der Waals surface area contributed by atoms with E-state index in [1.54, 1.807) is 0 Å². The van der Waals surface area contributed by atoms with E-state index in [0.717, 1.165) is 25.3 Å². The lowest BCUT2D eigenvalue weighted by molar-refractivity contribution is 0.0396. The summed E-state index contributed by atoms with van der Waals surface area (Å²) in [5, 5.41) is 0. The van der Waals surface area contributed by atoms with Gasteiger partial charge in [0.15, 0.2) is 0 Å². The van der Waals surface area contributed by atoms with Crippen LogP contribution in [-0.4, -0.2) is 35.7 Å². The lowest BCUT2D eigenvalue weighted by atomic mass is 10.1. The van der Waals surface area contributed by atoms with Gasteiger partial charge in [0.25, 0.3) is 0 Å². The first-order chi connectivity index (χ1) is 11.3. The van der Waals surface area contributed by atoms with E-state index in [4.69, 9.17) is 4.74 Å². The molecule has 1 unspecified atom stereocenters. The van der Waals surface area contributed by atoms with Crippen molar-refractivity contribution in [3.8, 4) is 23.1 Å². The molecule has 0 N–H and O–H groups in total. The summed E-state index contributed by atoms with van der Waals surface area (Å²) in [7, 11) is 0. The van der Waals surface area contributed by atoms with Crippen LogP contribution >= 0.6 is 0 Å². The Morgan fingerprint density at radius 1 is 1.04 bits per heavy atom. The molecule has 1 aromatic heterocycles. The van der Waals surface area contributed by atoms with Gasteiger partial charge in [-0.25, -0.2) is 0 Å². The zero-order valence-electron chi connectivity index (χ0n) is 14.3. The van der Waals surface area contributed by atoms with Crippen LogP contribution in [0.5, 0.6) is 0 Å². The van der Waals surface area contributed by atoms with Crippen LogP contribution in [0, 0.1) is 11.8 Å². The molecule has 1 heterocycles. The van der Waals surface area contributed by atoms with Gasteiger partial charge in [-0.15, -0.1) is 0 Å². The highest BCUT2D eigenvalue weighted by Crippen LogP contribution is 2.23. The molecule has 0 radical (unpaired) electrons. The predicted octanol–water partition coefficient (Wildman–Crippen LogP) is 4.04. The molecule has 122 valence electrons. The van der Waals surface area contributed by atoms with Crippen LogP contribution in [0.15, 0.2) is 48.7 Å². The van der Waals surface area contributed by atoms with E-state index in [1.807, 2.05) is 12.1 Å². The summed E-state index contributed by atoms with van der Waals surface area (Å²) in [6, 6.07) is 14.5. The van der Waals surface area contributed by atoms with Crippen molar-refractivity contribution in [3.63, 3.8) is 0 Å². The fourth-order valence-electron chi connectivity index (χ4n) is 2.47. The van der Waals surface area contributed by atoms with Crippen LogP contribution < -0.4 is 0 Å². The third-order valence-corrected chi connectivity index (χ3v) is 3.96. The number of nitrogens with zero attached hydrogens (tertiary/aromatic N) is 2. The van der Waals surface area contributed by atoms with Gasteiger partial charge in [0.2, 0.25) is 0 Å². The first kappa shape index (κ1) is 17.3. The highest BCUT2D eigenvalue weighted by atomic mass is 16.5.